The Bertz CT molecular complexity index is 739. The Kier molecular flexibility index (Phi) is 9.81. The van der Waals surface area contributed by atoms with Crippen LogP contribution in [-0.2, 0) is 15.4 Å². The molecule has 0 spiro atoms. The van der Waals surface area contributed by atoms with Gasteiger partial charge in [0, 0.05) is 44.2 Å². The summed E-state index contributed by atoms with van der Waals surface area (Å²) in [6.45, 7) is 3.61. The minimum atomic E-state index is -3.11. The van der Waals surface area contributed by atoms with Gasteiger partial charge in [0.15, 0.2) is 5.96 Å². The van der Waals surface area contributed by atoms with E-state index >= 15 is 0 Å². The van der Waals surface area contributed by atoms with Crippen molar-refractivity contribution in [3.8, 4) is 0 Å². The molecule has 0 radical (unpaired) electrons. The van der Waals surface area contributed by atoms with Gasteiger partial charge in [0.25, 0.3) is 0 Å². The van der Waals surface area contributed by atoms with Crippen molar-refractivity contribution < 1.29 is 8.42 Å². The summed E-state index contributed by atoms with van der Waals surface area (Å²) >= 11 is 6.12. The topological polar surface area (TPSA) is 73.8 Å². The Hall–Kier alpha value is -0.580. The lowest BCUT2D eigenvalue weighted by Gasteiger charge is -2.20. The van der Waals surface area contributed by atoms with Crippen LogP contribution in [0.3, 0.4) is 0 Å². The fourth-order valence-corrected chi connectivity index (χ4v) is 3.92. The summed E-state index contributed by atoms with van der Waals surface area (Å²) in [5.74, 6) is 0.866. The number of halogens is 2. The first-order valence-electron chi connectivity index (χ1n) is 8.97. The Morgan fingerprint density at radius 2 is 2.04 bits per heavy atom. The van der Waals surface area contributed by atoms with Crippen molar-refractivity contribution in [2.24, 2.45) is 4.99 Å². The van der Waals surface area contributed by atoms with E-state index < -0.39 is 10.0 Å². The average molecular weight is 529 g/mol. The molecule has 1 aliphatic carbocycles. The third kappa shape index (κ3) is 7.07. The molecule has 0 aromatic heterocycles. The van der Waals surface area contributed by atoms with E-state index in [9.17, 15) is 8.42 Å². The lowest BCUT2D eigenvalue weighted by Crippen LogP contribution is -2.42. The van der Waals surface area contributed by atoms with Crippen molar-refractivity contribution in [1.82, 2.24) is 14.9 Å². The van der Waals surface area contributed by atoms with Crippen LogP contribution in [0.5, 0.6) is 0 Å². The maximum Gasteiger partial charge on any atom is 0.213 e. The molecule has 0 amide bonds. The molecule has 1 fully saturated rings. The van der Waals surface area contributed by atoms with Crippen LogP contribution in [0, 0.1) is 0 Å². The molecule has 0 atom stereocenters. The van der Waals surface area contributed by atoms with Crippen LogP contribution in [0.25, 0.3) is 0 Å². The molecule has 2 N–H and O–H groups in total. The fourth-order valence-electron chi connectivity index (χ4n) is 2.88. The number of nitrogens with one attached hydrogen (secondary N) is 2. The first-order chi connectivity index (χ1) is 12.3. The number of benzene rings is 1. The SMILES string of the molecule is CCS(=O)(=O)N(C)CCCNC(=NC)NCC1(c2cccc(Cl)c2)CC1.I. The molecule has 2 rings (SSSR count). The van der Waals surface area contributed by atoms with Crippen molar-refractivity contribution in [3.05, 3.63) is 34.9 Å². The monoisotopic (exact) mass is 528 g/mol. The Labute approximate surface area is 185 Å². The molecule has 154 valence electrons. The van der Waals surface area contributed by atoms with Crippen molar-refractivity contribution >= 4 is 51.6 Å². The quantitative estimate of drug-likeness (QED) is 0.224. The largest absolute Gasteiger partial charge is 0.356 e. The third-order valence-corrected chi connectivity index (χ3v) is 6.99. The molecule has 1 aromatic carbocycles. The lowest BCUT2D eigenvalue weighted by molar-refractivity contribution is 0.461. The van der Waals surface area contributed by atoms with Gasteiger partial charge in [-0.15, -0.1) is 24.0 Å². The summed E-state index contributed by atoms with van der Waals surface area (Å²) in [5, 5.41) is 7.40. The van der Waals surface area contributed by atoms with Gasteiger partial charge < -0.3 is 10.6 Å². The second-order valence-corrected chi connectivity index (χ2v) is 9.52. The van der Waals surface area contributed by atoms with Crippen LogP contribution < -0.4 is 10.6 Å². The van der Waals surface area contributed by atoms with Gasteiger partial charge in [-0.2, -0.15) is 0 Å². The average Bonchev–Trinajstić information content (AvgIpc) is 3.42. The fraction of sp³-hybridized carbons (Fsp3) is 0.611. The van der Waals surface area contributed by atoms with Crippen LogP contribution in [0.4, 0.5) is 0 Å². The highest BCUT2D eigenvalue weighted by molar-refractivity contribution is 14.0. The van der Waals surface area contributed by atoms with Crippen LogP contribution in [0.1, 0.15) is 31.7 Å². The zero-order chi connectivity index (χ0) is 19.2. The van der Waals surface area contributed by atoms with Crippen LogP contribution in [0.2, 0.25) is 5.02 Å². The summed E-state index contributed by atoms with van der Waals surface area (Å²) in [6.07, 6.45) is 2.99. The Morgan fingerprint density at radius 3 is 2.59 bits per heavy atom. The molecular formula is C18H30ClIN4O2S. The highest BCUT2D eigenvalue weighted by atomic mass is 127. The van der Waals surface area contributed by atoms with Crippen molar-refractivity contribution in [2.75, 3.05) is 39.5 Å². The lowest BCUT2D eigenvalue weighted by atomic mass is 9.96. The number of rotatable bonds is 9. The molecular weight excluding hydrogens is 499 g/mol. The minimum absolute atomic E-state index is 0. The highest BCUT2D eigenvalue weighted by Gasteiger charge is 2.44. The molecule has 0 aliphatic heterocycles. The van der Waals surface area contributed by atoms with Crippen LogP contribution in [-0.4, -0.2) is 58.2 Å². The normalized spacial score (nSPS) is 16.0. The van der Waals surface area contributed by atoms with Gasteiger partial charge in [-0.05, 0) is 43.9 Å². The molecule has 0 unspecified atom stereocenters. The predicted molar refractivity (Wildman–Crippen MR) is 124 cm³/mol. The Balaban J connectivity index is 0.00000364. The third-order valence-electron chi connectivity index (χ3n) is 4.89. The standard InChI is InChI=1S/C18H29ClN4O2S.HI/c1-4-26(24,25)23(3)12-6-11-21-17(20-2)22-14-18(9-10-18)15-7-5-8-16(19)13-15;/h5,7-8,13H,4,6,9-12,14H2,1-3H3,(H2,20,21,22);1H. The minimum Gasteiger partial charge on any atom is -0.356 e. The number of hydrogen-bond donors (Lipinski definition) is 2. The van der Waals surface area contributed by atoms with Gasteiger partial charge in [0.05, 0.1) is 5.75 Å². The molecule has 0 bridgehead atoms. The van der Waals surface area contributed by atoms with E-state index in [1.165, 1.54) is 9.87 Å². The van der Waals surface area contributed by atoms with Gasteiger partial charge in [-0.1, -0.05) is 23.7 Å². The second-order valence-electron chi connectivity index (χ2n) is 6.72. The number of nitrogens with zero attached hydrogens (tertiary/aromatic N) is 2. The molecule has 27 heavy (non-hydrogen) atoms. The van der Waals surface area contributed by atoms with E-state index in [0.717, 1.165) is 36.8 Å². The van der Waals surface area contributed by atoms with Gasteiger partial charge >= 0.3 is 0 Å². The summed E-state index contributed by atoms with van der Waals surface area (Å²) in [6, 6.07) is 8.05. The highest BCUT2D eigenvalue weighted by Crippen LogP contribution is 2.48. The number of sulfonamides is 1. The second kappa shape index (κ2) is 10.8. The van der Waals surface area contributed by atoms with Gasteiger partial charge in [0.2, 0.25) is 10.0 Å². The predicted octanol–water partition coefficient (Wildman–Crippen LogP) is 2.83. The van der Waals surface area contributed by atoms with E-state index in [1.54, 1.807) is 21.0 Å². The van der Waals surface area contributed by atoms with Gasteiger partial charge in [0.1, 0.15) is 0 Å². The molecule has 6 nitrogen and oxygen atoms in total. The van der Waals surface area contributed by atoms with E-state index in [2.05, 4.69) is 21.7 Å². The molecule has 0 saturated heterocycles. The zero-order valence-electron chi connectivity index (χ0n) is 16.2. The van der Waals surface area contributed by atoms with Crippen LogP contribution in [0.15, 0.2) is 29.3 Å². The first kappa shape index (κ1) is 24.5. The maximum atomic E-state index is 11.7. The van der Waals surface area contributed by atoms with Crippen molar-refractivity contribution in [2.45, 2.75) is 31.6 Å². The molecule has 1 saturated carbocycles. The molecule has 1 aromatic rings. The maximum absolute atomic E-state index is 11.7. The first-order valence-corrected chi connectivity index (χ1v) is 11.0. The van der Waals surface area contributed by atoms with Crippen molar-refractivity contribution in [3.63, 3.8) is 0 Å². The summed E-state index contributed by atoms with van der Waals surface area (Å²) in [5.41, 5.74) is 1.40. The van der Waals surface area contributed by atoms with Crippen LogP contribution >= 0.6 is 35.6 Å². The van der Waals surface area contributed by atoms with Gasteiger partial charge in [-0.3, -0.25) is 4.99 Å². The number of guanidine groups is 1. The van der Waals surface area contributed by atoms with E-state index in [0.29, 0.717) is 13.1 Å². The summed E-state index contributed by atoms with van der Waals surface area (Å²) in [7, 11) is 0.246. The molecule has 0 heterocycles. The van der Waals surface area contributed by atoms with Crippen molar-refractivity contribution in [1.29, 1.82) is 0 Å². The summed E-state index contributed by atoms with van der Waals surface area (Å²) in [4.78, 5) is 4.25. The Morgan fingerprint density at radius 1 is 1.33 bits per heavy atom. The number of hydrogen-bond acceptors (Lipinski definition) is 3. The van der Waals surface area contributed by atoms with Gasteiger partial charge in [-0.25, -0.2) is 12.7 Å². The zero-order valence-corrected chi connectivity index (χ0v) is 20.1. The van der Waals surface area contributed by atoms with E-state index in [4.69, 9.17) is 11.6 Å². The molecule has 1 aliphatic rings. The molecule has 9 heteroatoms. The number of aliphatic imine (C=N–C) groups is 1. The summed E-state index contributed by atoms with van der Waals surface area (Å²) < 4.78 is 24.9. The smallest absolute Gasteiger partial charge is 0.213 e. The van der Waals surface area contributed by atoms with E-state index in [-0.39, 0.29) is 35.1 Å². The van der Waals surface area contributed by atoms with E-state index in [1.807, 2.05) is 18.2 Å².